The van der Waals surface area contributed by atoms with Crippen LogP contribution in [0.1, 0.15) is 24.8 Å². The van der Waals surface area contributed by atoms with E-state index < -0.39 is 10.0 Å². The predicted octanol–water partition coefficient (Wildman–Crippen LogP) is 1.53. The van der Waals surface area contributed by atoms with Crippen molar-refractivity contribution in [1.82, 2.24) is 4.72 Å². The summed E-state index contributed by atoms with van der Waals surface area (Å²) < 4.78 is 32.4. The molecule has 1 aromatic heterocycles. The van der Waals surface area contributed by atoms with Crippen molar-refractivity contribution in [3.8, 4) is 5.75 Å². The lowest BCUT2D eigenvalue weighted by atomic mass is 10.1. The second kappa shape index (κ2) is 9.26. The second-order valence-electron chi connectivity index (χ2n) is 7.15. The summed E-state index contributed by atoms with van der Waals surface area (Å²) in [7, 11) is -1.56. The van der Waals surface area contributed by atoms with E-state index in [-0.39, 0.29) is 17.8 Å². The number of thiophene rings is 1. The van der Waals surface area contributed by atoms with Crippen molar-refractivity contribution in [1.29, 1.82) is 0 Å². The molecule has 0 amide bonds. The van der Waals surface area contributed by atoms with Gasteiger partial charge < -0.3 is 14.5 Å². The van der Waals surface area contributed by atoms with Gasteiger partial charge in [-0.1, -0.05) is 6.07 Å². The van der Waals surface area contributed by atoms with Gasteiger partial charge in [-0.3, -0.25) is 0 Å². The fourth-order valence-corrected chi connectivity index (χ4v) is 5.72. The Morgan fingerprint density at radius 3 is 2.43 bits per heavy atom. The van der Waals surface area contributed by atoms with E-state index in [2.05, 4.69) is 33.2 Å². The molecule has 3 rings (SSSR count). The first-order valence-corrected chi connectivity index (χ1v) is 12.2. The van der Waals surface area contributed by atoms with Crippen LogP contribution in [0.4, 0.5) is 5.69 Å². The van der Waals surface area contributed by atoms with Crippen LogP contribution in [0.2, 0.25) is 0 Å². The van der Waals surface area contributed by atoms with E-state index in [1.54, 1.807) is 25.4 Å². The number of rotatable bonds is 8. The number of nitrogens with zero attached hydrogens (tertiary/aromatic N) is 1. The first kappa shape index (κ1) is 21.1. The molecule has 0 spiro atoms. The van der Waals surface area contributed by atoms with Gasteiger partial charge in [0.15, 0.2) is 0 Å². The highest BCUT2D eigenvalue weighted by molar-refractivity contribution is 7.89. The molecule has 1 aliphatic heterocycles. The lowest BCUT2D eigenvalue weighted by Crippen LogP contribution is -3.16. The predicted molar refractivity (Wildman–Crippen MR) is 115 cm³/mol. The first-order chi connectivity index (χ1) is 13.4. The average molecular weight is 425 g/mol. The smallest absolute Gasteiger partial charge is 0.211 e. The van der Waals surface area contributed by atoms with Crippen molar-refractivity contribution in [2.75, 3.05) is 43.9 Å². The van der Waals surface area contributed by atoms with Crippen molar-refractivity contribution >= 4 is 27.0 Å². The molecule has 0 radical (unpaired) electrons. The highest BCUT2D eigenvalue weighted by atomic mass is 32.2. The lowest BCUT2D eigenvalue weighted by molar-refractivity contribution is -0.933. The Kier molecular flexibility index (Phi) is 6.98. The van der Waals surface area contributed by atoms with Gasteiger partial charge in [-0.25, -0.2) is 13.1 Å². The topological polar surface area (TPSA) is 63.1 Å². The number of nitrogens with one attached hydrogen (secondary N) is 2. The molecule has 0 unspecified atom stereocenters. The summed E-state index contributed by atoms with van der Waals surface area (Å²) in [6.45, 7) is 7.48. The van der Waals surface area contributed by atoms with Crippen molar-refractivity contribution in [3.05, 3.63) is 46.7 Å². The number of anilines is 1. The van der Waals surface area contributed by atoms with Crippen LogP contribution in [0.3, 0.4) is 0 Å². The van der Waals surface area contributed by atoms with Crippen LogP contribution in [0.25, 0.3) is 0 Å². The summed E-state index contributed by atoms with van der Waals surface area (Å²) >= 11 is 1.70. The summed E-state index contributed by atoms with van der Waals surface area (Å²) in [5.41, 5.74) is 1.20. The second-order valence-corrected chi connectivity index (χ2v) is 10.2. The summed E-state index contributed by atoms with van der Waals surface area (Å²) in [5, 5.41) is 2.07. The molecule has 2 atom stereocenters. The molecule has 0 bridgehead atoms. The van der Waals surface area contributed by atoms with Crippen LogP contribution in [0, 0.1) is 0 Å². The quantitative estimate of drug-likeness (QED) is 0.675. The van der Waals surface area contributed by atoms with Gasteiger partial charge in [0.25, 0.3) is 0 Å². The van der Waals surface area contributed by atoms with Gasteiger partial charge in [-0.05, 0) is 49.6 Å². The number of hydrogen-bond acceptors (Lipinski definition) is 5. The molecule has 28 heavy (non-hydrogen) atoms. The van der Waals surface area contributed by atoms with Crippen molar-refractivity contribution in [2.24, 2.45) is 0 Å². The van der Waals surface area contributed by atoms with E-state index in [9.17, 15) is 8.42 Å². The van der Waals surface area contributed by atoms with Crippen LogP contribution in [-0.2, 0) is 10.0 Å². The maximum Gasteiger partial charge on any atom is 0.211 e. The minimum atomic E-state index is -3.23. The van der Waals surface area contributed by atoms with E-state index in [4.69, 9.17) is 4.74 Å². The minimum Gasteiger partial charge on any atom is -0.497 e. The molecule has 1 fully saturated rings. The number of piperazine rings is 1. The van der Waals surface area contributed by atoms with Gasteiger partial charge in [0.1, 0.15) is 11.8 Å². The van der Waals surface area contributed by atoms with E-state index >= 15 is 0 Å². The maximum absolute atomic E-state index is 12.1. The molecule has 2 heterocycles. The number of methoxy groups -OCH3 is 1. The number of sulfonamides is 1. The highest BCUT2D eigenvalue weighted by Crippen LogP contribution is 2.22. The minimum absolute atomic E-state index is 0.106. The van der Waals surface area contributed by atoms with Crippen LogP contribution in [-0.4, -0.2) is 53.5 Å². The first-order valence-electron chi connectivity index (χ1n) is 9.70. The number of benzene rings is 1. The summed E-state index contributed by atoms with van der Waals surface area (Å²) in [4.78, 5) is 5.05. The molecule has 1 aromatic carbocycles. The SMILES string of the molecule is CCS(=O)(=O)N[C@@H](C)[C@H](c1cccs1)[NH+]1CCN(c2ccc(OC)cc2)CC1. The van der Waals surface area contributed by atoms with Crippen LogP contribution >= 0.6 is 11.3 Å². The lowest BCUT2D eigenvalue weighted by Gasteiger charge is -2.39. The fourth-order valence-electron chi connectivity index (χ4n) is 3.86. The molecule has 8 heteroatoms. The Labute approximate surface area is 172 Å². The van der Waals surface area contributed by atoms with Crippen LogP contribution in [0.15, 0.2) is 41.8 Å². The largest absolute Gasteiger partial charge is 0.497 e. The molecular weight excluding hydrogens is 394 g/mol. The Morgan fingerprint density at radius 2 is 1.89 bits per heavy atom. The third-order valence-corrected chi connectivity index (χ3v) is 7.82. The third-order valence-electron chi connectivity index (χ3n) is 5.38. The summed E-state index contributed by atoms with van der Waals surface area (Å²) in [5.74, 6) is 0.970. The van der Waals surface area contributed by atoms with Crippen molar-refractivity contribution in [2.45, 2.75) is 25.9 Å². The van der Waals surface area contributed by atoms with Crippen LogP contribution in [0.5, 0.6) is 5.75 Å². The molecule has 2 N–H and O–H groups in total. The van der Waals surface area contributed by atoms with Gasteiger partial charge in [0.2, 0.25) is 10.0 Å². The number of hydrogen-bond donors (Lipinski definition) is 2. The molecule has 1 aliphatic rings. The van der Waals surface area contributed by atoms with E-state index in [0.29, 0.717) is 0 Å². The van der Waals surface area contributed by atoms with Gasteiger partial charge in [-0.15, -0.1) is 11.3 Å². The highest BCUT2D eigenvalue weighted by Gasteiger charge is 2.35. The zero-order chi connectivity index (χ0) is 20.1. The monoisotopic (exact) mass is 424 g/mol. The summed E-state index contributed by atoms with van der Waals surface area (Å²) in [6, 6.07) is 12.3. The third kappa shape index (κ3) is 5.05. The Balaban J connectivity index is 1.70. The van der Waals surface area contributed by atoms with Gasteiger partial charge in [-0.2, -0.15) is 0 Å². The van der Waals surface area contributed by atoms with Gasteiger partial charge in [0.05, 0.1) is 50.0 Å². The Morgan fingerprint density at radius 1 is 1.21 bits per heavy atom. The molecule has 6 nitrogen and oxygen atoms in total. The fraction of sp³-hybridized carbons (Fsp3) is 0.500. The van der Waals surface area contributed by atoms with Crippen molar-refractivity contribution < 1.29 is 18.1 Å². The summed E-state index contributed by atoms with van der Waals surface area (Å²) in [6.07, 6.45) is 0. The molecule has 1 saturated heterocycles. The average Bonchev–Trinajstić information content (AvgIpc) is 3.22. The van der Waals surface area contributed by atoms with Gasteiger partial charge >= 0.3 is 0 Å². The van der Waals surface area contributed by atoms with Gasteiger partial charge in [0, 0.05) is 5.69 Å². The molecule has 0 aliphatic carbocycles. The standard InChI is InChI=1S/C20H29N3O3S2/c1-4-28(24,25)21-16(2)20(19-6-5-15-27-19)23-13-11-22(12-14-23)17-7-9-18(26-3)10-8-17/h5-10,15-16,20-21H,4,11-14H2,1-3H3/p+1/t16-,20+/m0/s1. The van der Waals surface area contributed by atoms with Crippen molar-refractivity contribution in [3.63, 3.8) is 0 Å². The molecule has 0 saturated carbocycles. The Hall–Kier alpha value is -1.61. The Bertz CT molecular complexity index is 830. The van der Waals surface area contributed by atoms with E-state index in [1.807, 2.05) is 25.1 Å². The number of quaternary nitrogens is 1. The van der Waals surface area contributed by atoms with E-state index in [1.165, 1.54) is 15.5 Å². The molecular formula is C20H30N3O3S2+. The zero-order valence-corrected chi connectivity index (χ0v) is 18.4. The van der Waals surface area contributed by atoms with Crippen LogP contribution < -0.4 is 19.3 Å². The normalized spacial score (nSPS) is 18.0. The zero-order valence-electron chi connectivity index (χ0n) is 16.7. The molecule has 2 aromatic rings. The van der Waals surface area contributed by atoms with E-state index in [0.717, 1.165) is 31.9 Å². The number of ether oxygens (including phenoxy) is 1. The molecule has 154 valence electrons. The maximum atomic E-state index is 12.1.